The van der Waals surface area contributed by atoms with E-state index in [0.717, 1.165) is 4.47 Å². The molecule has 3 heteroatoms. The van der Waals surface area contributed by atoms with Crippen LogP contribution in [0.4, 0.5) is 0 Å². The lowest BCUT2D eigenvalue weighted by atomic mass is 10.1. The average molecular weight is 274 g/mol. The van der Waals surface area contributed by atoms with Gasteiger partial charge in [0.25, 0.3) is 0 Å². The first-order valence-corrected chi connectivity index (χ1v) is 6.88. The molecule has 0 bridgehead atoms. The summed E-state index contributed by atoms with van der Waals surface area (Å²) in [6, 6.07) is 9.02. The van der Waals surface area contributed by atoms with Gasteiger partial charge in [-0.25, -0.2) is 0 Å². The molecule has 0 aliphatic rings. The van der Waals surface area contributed by atoms with Crippen molar-refractivity contribution in [1.29, 1.82) is 0 Å². The van der Waals surface area contributed by atoms with Crippen LogP contribution >= 0.6 is 27.7 Å². The van der Waals surface area contributed by atoms with Crippen molar-refractivity contribution in [2.45, 2.75) is 12.5 Å². The predicted octanol–water partition coefficient (Wildman–Crippen LogP) is 3.46. The topological polar surface area (TPSA) is 12.0 Å². The average Bonchev–Trinajstić information content (AvgIpc) is 2.21. The van der Waals surface area contributed by atoms with Crippen LogP contribution in [0.3, 0.4) is 0 Å². The minimum atomic E-state index is 0.482. The van der Waals surface area contributed by atoms with Gasteiger partial charge in [-0.15, -0.1) is 0 Å². The number of rotatable bonds is 5. The molecule has 0 saturated carbocycles. The number of halogens is 1. The summed E-state index contributed by atoms with van der Waals surface area (Å²) in [5.74, 6) is 1.20. The maximum absolute atomic E-state index is 3.44. The number of benzene rings is 1. The molecule has 0 fully saturated rings. The Balaban J connectivity index is 2.64. The minimum absolute atomic E-state index is 0.482. The highest BCUT2D eigenvalue weighted by Gasteiger charge is 2.07. The third-order valence-electron chi connectivity index (χ3n) is 2.23. The molecule has 14 heavy (non-hydrogen) atoms. The van der Waals surface area contributed by atoms with E-state index >= 15 is 0 Å². The van der Waals surface area contributed by atoms with E-state index in [1.807, 2.05) is 18.8 Å². The summed E-state index contributed by atoms with van der Waals surface area (Å²) >= 11 is 5.34. The monoisotopic (exact) mass is 273 g/mol. The molecule has 1 atom stereocenters. The Bertz CT molecular complexity index is 260. The van der Waals surface area contributed by atoms with Gasteiger partial charge < -0.3 is 5.32 Å². The fraction of sp³-hybridized carbons (Fsp3) is 0.455. The molecule has 0 heterocycles. The normalized spacial score (nSPS) is 12.8. The van der Waals surface area contributed by atoms with E-state index in [4.69, 9.17) is 0 Å². The molecule has 0 aliphatic heterocycles. The quantitative estimate of drug-likeness (QED) is 0.882. The van der Waals surface area contributed by atoms with Gasteiger partial charge in [0.2, 0.25) is 0 Å². The van der Waals surface area contributed by atoms with Crippen molar-refractivity contribution in [1.82, 2.24) is 5.32 Å². The molecule has 1 rings (SSSR count). The lowest BCUT2D eigenvalue weighted by molar-refractivity contribution is 0.581. The fourth-order valence-corrected chi connectivity index (χ4v) is 2.14. The summed E-state index contributed by atoms with van der Waals surface area (Å²) in [5.41, 5.74) is 1.37. The minimum Gasteiger partial charge on any atom is -0.313 e. The van der Waals surface area contributed by atoms with Crippen LogP contribution in [0, 0.1) is 0 Å². The second-order valence-corrected chi connectivity index (χ2v) is 5.08. The van der Waals surface area contributed by atoms with Gasteiger partial charge in [0.1, 0.15) is 0 Å². The maximum Gasteiger partial charge on any atom is 0.0325 e. The zero-order valence-corrected chi connectivity index (χ0v) is 11.0. The molecule has 1 aromatic rings. The first kappa shape index (κ1) is 12.1. The molecule has 0 amide bonds. The Kier molecular flexibility index (Phi) is 5.60. The summed E-state index contributed by atoms with van der Waals surface area (Å²) in [4.78, 5) is 0. The molecule has 0 saturated heterocycles. The lowest BCUT2D eigenvalue weighted by Gasteiger charge is -2.15. The zero-order valence-electron chi connectivity index (χ0n) is 8.59. The molecule has 0 spiro atoms. The van der Waals surface area contributed by atoms with Crippen molar-refractivity contribution >= 4 is 27.7 Å². The second-order valence-electron chi connectivity index (χ2n) is 3.17. The third-order valence-corrected chi connectivity index (χ3v) is 3.40. The van der Waals surface area contributed by atoms with Crippen molar-refractivity contribution in [2.75, 3.05) is 19.1 Å². The summed E-state index contributed by atoms with van der Waals surface area (Å²) in [7, 11) is 2.02. The van der Waals surface area contributed by atoms with Crippen LogP contribution in [0.2, 0.25) is 0 Å². The Morgan fingerprint density at radius 3 is 2.50 bits per heavy atom. The number of hydrogen-bond acceptors (Lipinski definition) is 2. The molecule has 1 aromatic carbocycles. The molecule has 0 aromatic heterocycles. The van der Waals surface area contributed by atoms with E-state index in [1.54, 1.807) is 0 Å². The highest BCUT2D eigenvalue weighted by atomic mass is 79.9. The lowest BCUT2D eigenvalue weighted by Crippen LogP contribution is -2.16. The Labute approximate surface area is 98.8 Å². The van der Waals surface area contributed by atoms with Gasteiger partial charge >= 0.3 is 0 Å². The van der Waals surface area contributed by atoms with Gasteiger partial charge in [0, 0.05) is 10.5 Å². The highest BCUT2D eigenvalue weighted by molar-refractivity contribution is 9.10. The highest BCUT2D eigenvalue weighted by Crippen LogP contribution is 2.20. The van der Waals surface area contributed by atoms with Crippen LogP contribution in [0.1, 0.15) is 18.0 Å². The molecule has 0 aliphatic carbocycles. The zero-order chi connectivity index (χ0) is 10.4. The van der Waals surface area contributed by atoms with Crippen molar-refractivity contribution < 1.29 is 0 Å². The van der Waals surface area contributed by atoms with Gasteiger partial charge in [0.15, 0.2) is 0 Å². The first-order valence-electron chi connectivity index (χ1n) is 4.69. The predicted molar refractivity (Wildman–Crippen MR) is 68.9 cm³/mol. The molecule has 0 radical (unpaired) electrons. The number of hydrogen-bond donors (Lipinski definition) is 1. The molecule has 1 nitrogen and oxygen atoms in total. The van der Waals surface area contributed by atoms with Crippen molar-refractivity contribution in [3.8, 4) is 0 Å². The van der Waals surface area contributed by atoms with Gasteiger partial charge in [-0.1, -0.05) is 28.1 Å². The van der Waals surface area contributed by atoms with E-state index in [1.165, 1.54) is 17.7 Å². The van der Waals surface area contributed by atoms with Crippen LogP contribution in [0.5, 0.6) is 0 Å². The van der Waals surface area contributed by atoms with E-state index in [-0.39, 0.29) is 0 Å². The molecule has 1 unspecified atom stereocenters. The van der Waals surface area contributed by atoms with Crippen LogP contribution in [-0.4, -0.2) is 19.1 Å². The Morgan fingerprint density at radius 2 is 2.00 bits per heavy atom. The van der Waals surface area contributed by atoms with Crippen molar-refractivity contribution in [2.24, 2.45) is 0 Å². The largest absolute Gasteiger partial charge is 0.313 e. The third kappa shape index (κ3) is 3.64. The van der Waals surface area contributed by atoms with E-state index in [0.29, 0.717) is 6.04 Å². The fourth-order valence-electron chi connectivity index (χ4n) is 1.41. The van der Waals surface area contributed by atoms with Crippen molar-refractivity contribution in [3.05, 3.63) is 34.3 Å². The molecule has 1 N–H and O–H groups in total. The first-order chi connectivity index (χ1) is 6.77. The van der Waals surface area contributed by atoms with E-state index < -0.39 is 0 Å². The van der Waals surface area contributed by atoms with E-state index in [9.17, 15) is 0 Å². The summed E-state index contributed by atoms with van der Waals surface area (Å²) in [6.07, 6.45) is 3.33. The second kappa shape index (κ2) is 6.49. The van der Waals surface area contributed by atoms with Gasteiger partial charge in [0.05, 0.1) is 0 Å². The summed E-state index contributed by atoms with van der Waals surface area (Å²) in [6.45, 7) is 0. The van der Waals surface area contributed by atoms with Crippen LogP contribution in [0.15, 0.2) is 28.7 Å². The van der Waals surface area contributed by atoms with Crippen LogP contribution in [-0.2, 0) is 0 Å². The maximum atomic E-state index is 3.44. The standard InChI is InChI=1S/C11H16BrNS/c1-13-11(7-8-14-2)9-3-5-10(12)6-4-9/h3-6,11,13H,7-8H2,1-2H3. The van der Waals surface area contributed by atoms with Gasteiger partial charge in [-0.3, -0.25) is 0 Å². The SMILES string of the molecule is CNC(CCSC)c1ccc(Br)cc1. The van der Waals surface area contributed by atoms with Crippen LogP contribution in [0.25, 0.3) is 0 Å². The number of thioether (sulfide) groups is 1. The molecule has 78 valence electrons. The van der Waals surface area contributed by atoms with Gasteiger partial charge in [-0.2, -0.15) is 11.8 Å². The van der Waals surface area contributed by atoms with Gasteiger partial charge in [-0.05, 0) is 43.2 Å². The smallest absolute Gasteiger partial charge is 0.0325 e. The van der Waals surface area contributed by atoms with Crippen LogP contribution < -0.4 is 5.32 Å². The Morgan fingerprint density at radius 1 is 1.36 bits per heavy atom. The molecular weight excluding hydrogens is 258 g/mol. The Hall–Kier alpha value is 0.01000. The van der Waals surface area contributed by atoms with E-state index in [2.05, 4.69) is 51.8 Å². The van der Waals surface area contributed by atoms with Crippen molar-refractivity contribution in [3.63, 3.8) is 0 Å². The number of nitrogens with one attached hydrogen (secondary N) is 1. The summed E-state index contributed by atoms with van der Waals surface area (Å²) in [5, 5.41) is 3.34. The molecular formula is C11H16BrNS. The summed E-state index contributed by atoms with van der Waals surface area (Å²) < 4.78 is 1.14.